The molecule has 2 aliphatic heterocycles. The quantitative estimate of drug-likeness (QED) is 0.895. The third kappa shape index (κ3) is 2.75. The smallest absolute Gasteiger partial charge is 0.226 e. The van der Waals surface area contributed by atoms with Crippen molar-refractivity contribution in [1.29, 1.82) is 0 Å². The monoisotopic (exact) mass is 338 g/mol. The highest BCUT2D eigenvalue weighted by molar-refractivity contribution is 6.35. The molecule has 1 aliphatic carbocycles. The second-order valence-corrected chi connectivity index (χ2v) is 7.67. The average Bonchev–Trinajstić information content (AvgIpc) is 3.17. The Bertz CT molecular complexity index is 606. The third-order valence-corrected chi connectivity index (χ3v) is 5.87. The lowest BCUT2D eigenvalue weighted by Gasteiger charge is -2.24. The van der Waals surface area contributed by atoms with Crippen molar-refractivity contribution in [3.63, 3.8) is 0 Å². The predicted octanol–water partition coefficient (Wildman–Crippen LogP) is 3.45. The molecular formula is C17H20Cl2N2O. The van der Waals surface area contributed by atoms with Gasteiger partial charge in [-0.2, -0.15) is 0 Å². The van der Waals surface area contributed by atoms with E-state index in [1.54, 1.807) is 6.07 Å². The summed E-state index contributed by atoms with van der Waals surface area (Å²) in [4.78, 5) is 14.9. The van der Waals surface area contributed by atoms with Crippen LogP contribution in [0.5, 0.6) is 0 Å². The summed E-state index contributed by atoms with van der Waals surface area (Å²) in [5, 5.41) is 4.96. The molecule has 3 fully saturated rings. The van der Waals surface area contributed by atoms with Crippen LogP contribution in [0.2, 0.25) is 10.0 Å². The first-order valence-corrected chi connectivity index (χ1v) is 8.87. The maximum atomic E-state index is 12.8. The molecular weight excluding hydrogens is 319 g/mol. The van der Waals surface area contributed by atoms with Gasteiger partial charge in [-0.1, -0.05) is 29.3 Å². The van der Waals surface area contributed by atoms with Gasteiger partial charge < -0.3 is 10.2 Å². The van der Waals surface area contributed by atoms with Crippen molar-refractivity contribution >= 4 is 29.1 Å². The zero-order valence-corrected chi connectivity index (χ0v) is 13.9. The molecule has 2 saturated heterocycles. The second kappa shape index (κ2) is 5.70. The average molecular weight is 339 g/mol. The number of hydrogen-bond donors (Lipinski definition) is 1. The van der Waals surface area contributed by atoms with E-state index in [0.717, 1.165) is 31.5 Å². The summed E-state index contributed by atoms with van der Waals surface area (Å²) >= 11 is 12.2. The molecule has 5 heteroatoms. The highest BCUT2D eigenvalue weighted by Crippen LogP contribution is 2.51. The van der Waals surface area contributed by atoms with Crippen molar-refractivity contribution in [3.05, 3.63) is 33.8 Å². The molecule has 4 unspecified atom stereocenters. The van der Waals surface area contributed by atoms with Crippen LogP contribution in [-0.2, 0) is 4.79 Å². The van der Waals surface area contributed by atoms with E-state index in [-0.39, 0.29) is 11.8 Å². The van der Waals surface area contributed by atoms with Crippen LogP contribution in [0.3, 0.4) is 0 Å². The Morgan fingerprint density at radius 1 is 1.18 bits per heavy atom. The number of likely N-dealkylation sites (tertiary alicyclic amines) is 1. The minimum absolute atomic E-state index is 0.107. The number of carbonyl (C=O) groups is 1. The van der Waals surface area contributed by atoms with Gasteiger partial charge in [-0.3, -0.25) is 4.79 Å². The van der Waals surface area contributed by atoms with E-state index in [1.165, 1.54) is 12.8 Å². The van der Waals surface area contributed by atoms with Gasteiger partial charge in [-0.05, 0) is 49.3 Å². The van der Waals surface area contributed by atoms with Crippen molar-refractivity contribution in [2.24, 2.45) is 5.92 Å². The van der Waals surface area contributed by atoms with Gasteiger partial charge in [0.25, 0.3) is 0 Å². The van der Waals surface area contributed by atoms with E-state index in [2.05, 4.69) is 10.2 Å². The molecule has 4 atom stereocenters. The summed E-state index contributed by atoms with van der Waals surface area (Å²) in [5.74, 6) is 0.686. The van der Waals surface area contributed by atoms with Crippen molar-refractivity contribution in [2.75, 3.05) is 13.1 Å². The minimum atomic E-state index is 0.107. The molecule has 0 spiro atoms. The highest BCUT2D eigenvalue weighted by atomic mass is 35.5. The molecule has 1 aromatic carbocycles. The second-order valence-electron chi connectivity index (χ2n) is 6.83. The molecule has 2 heterocycles. The van der Waals surface area contributed by atoms with E-state index in [0.29, 0.717) is 28.0 Å². The molecule has 1 amide bonds. The van der Waals surface area contributed by atoms with E-state index in [4.69, 9.17) is 23.2 Å². The number of nitrogens with one attached hydrogen (secondary N) is 1. The summed E-state index contributed by atoms with van der Waals surface area (Å²) in [6.07, 6.45) is 4.46. The van der Waals surface area contributed by atoms with Gasteiger partial charge in [0.05, 0.1) is 0 Å². The van der Waals surface area contributed by atoms with E-state index in [1.807, 2.05) is 12.1 Å². The minimum Gasteiger partial charge on any atom is -0.341 e. The Morgan fingerprint density at radius 3 is 2.82 bits per heavy atom. The Morgan fingerprint density at radius 2 is 2.00 bits per heavy atom. The number of rotatable bonds is 2. The zero-order valence-electron chi connectivity index (χ0n) is 12.4. The van der Waals surface area contributed by atoms with Crippen molar-refractivity contribution < 1.29 is 4.79 Å². The van der Waals surface area contributed by atoms with Crippen LogP contribution in [0.1, 0.15) is 37.2 Å². The Hall–Kier alpha value is -0.770. The zero-order chi connectivity index (χ0) is 15.3. The fourth-order valence-corrected chi connectivity index (χ4v) is 4.54. The fraction of sp³-hybridized carbons (Fsp3) is 0.588. The third-order valence-electron chi connectivity index (χ3n) is 5.30. The first-order chi connectivity index (χ1) is 10.6. The molecule has 0 radical (unpaired) electrons. The van der Waals surface area contributed by atoms with Crippen LogP contribution in [-0.4, -0.2) is 36.0 Å². The summed E-state index contributed by atoms with van der Waals surface area (Å²) < 4.78 is 0. The van der Waals surface area contributed by atoms with E-state index in [9.17, 15) is 4.79 Å². The molecule has 118 valence electrons. The highest BCUT2D eigenvalue weighted by Gasteiger charge is 2.47. The van der Waals surface area contributed by atoms with Crippen LogP contribution >= 0.6 is 23.2 Å². The van der Waals surface area contributed by atoms with Gasteiger partial charge in [0.15, 0.2) is 0 Å². The summed E-state index contributed by atoms with van der Waals surface area (Å²) in [5.41, 5.74) is 1.07. The molecule has 1 aromatic rings. The SMILES string of the molecule is O=C(C1CC1c1ccc(Cl)cc1Cl)N1CCC2CCC(C1)N2. The van der Waals surface area contributed by atoms with E-state index >= 15 is 0 Å². The first kappa shape index (κ1) is 14.8. The first-order valence-electron chi connectivity index (χ1n) is 8.11. The van der Waals surface area contributed by atoms with Crippen molar-refractivity contribution in [1.82, 2.24) is 10.2 Å². The molecule has 3 aliphatic rings. The predicted molar refractivity (Wildman–Crippen MR) is 88.5 cm³/mol. The number of nitrogens with zero attached hydrogens (tertiary/aromatic N) is 1. The molecule has 2 bridgehead atoms. The molecule has 3 nitrogen and oxygen atoms in total. The van der Waals surface area contributed by atoms with Crippen LogP contribution in [0.4, 0.5) is 0 Å². The lowest BCUT2D eigenvalue weighted by Crippen LogP contribution is -2.40. The molecule has 0 aromatic heterocycles. The van der Waals surface area contributed by atoms with Crippen LogP contribution in [0.15, 0.2) is 18.2 Å². The summed E-state index contributed by atoms with van der Waals surface area (Å²) in [6.45, 7) is 1.76. The fourth-order valence-electron chi connectivity index (χ4n) is 3.99. The number of benzene rings is 1. The Labute approximate surface area is 141 Å². The molecule has 22 heavy (non-hydrogen) atoms. The van der Waals surface area contributed by atoms with Gasteiger partial charge in [-0.15, -0.1) is 0 Å². The Balaban J connectivity index is 1.44. The Kier molecular flexibility index (Phi) is 3.83. The molecule has 1 N–H and O–H groups in total. The number of fused-ring (bicyclic) bond motifs is 2. The van der Waals surface area contributed by atoms with Gasteiger partial charge in [-0.25, -0.2) is 0 Å². The van der Waals surface area contributed by atoms with Crippen LogP contribution < -0.4 is 5.32 Å². The van der Waals surface area contributed by atoms with Crippen molar-refractivity contribution in [2.45, 2.75) is 43.7 Å². The topological polar surface area (TPSA) is 32.3 Å². The van der Waals surface area contributed by atoms with E-state index < -0.39 is 0 Å². The van der Waals surface area contributed by atoms with Gasteiger partial charge in [0.1, 0.15) is 0 Å². The van der Waals surface area contributed by atoms with Gasteiger partial charge >= 0.3 is 0 Å². The maximum Gasteiger partial charge on any atom is 0.226 e. The standard InChI is InChI=1S/C17H20Cl2N2O/c18-10-1-4-13(16(19)7-10)14-8-15(14)17(22)21-6-5-11-2-3-12(9-21)20-11/h1,4,7,11-12,14-15,20H,2-3,5-6,8-9H2. The number of hydrogen-bond acceptors (Lipinski definition) is 2. The normalized spacial score (nSPS) is 33.6. The molecule has 4 rings (SSSR count). The number of halogens is 2. The number of carbonyl (C=O) groups excluding carboxylic acids is 1. The van der Waals surface area contributed by atoms with Gasteiger partial charge in [0.2, 0.25) is 5.91 Å². The van der Waals surface area contributed by atoms with Crippen LogP contribution in [0, 0.1) is 5.92 Å². The summed E-state index contributed by atoms with van der Waals surface area (Å²) in [7, 11) is 0. The van der Waals surface area contributed by atoms with Crippen LogP contribution in [0.25, 0.3) is 0 Å². The maximum absolute atomic E-state index is 12.8. The molecule has 1 saturated carbocycles. The largest absolute Gasteiger partial charge is 0.341 e. The lowest BCUT2D eigenvalue weighted by atomic mass is 10.1. The lowest BCUT2D eigenvalue weighted by molar-refractivity contribution is -0.132. The number of amides is 1. The van der Waals surface area contributed by atoms with Gasteiger partial charge in [0, 0.05) is 41.1 Å². The van der Waals surface area contributed by atoms with Crippen molar-refractivity contribution in [3.8, 4) is 0 Å². The summed E-state index contributed by atoms with van der Waals surface area (Å²) in [6, 6.07) is 6.70.